The molecule has 84 valence electrons. The smallest absolute Gasteiger partial charge is 0.259 e. The lowest BCUT2D eigenvalue weighted by Crippen LogP contribution is -2.25. The Labute approximate surface area is 89.9 Å². The van der Waals surface area contributed by atoms with Crippen LogP contribution in [0.2, 0.25) is 0 Å². The zero-order chi connectivity index (χ0) is 11.6. The molecule has 0 unspecified atom stereocenters. The van der Waals surface area contributed by atoms with Gasteiger partial charge in [0.15, 0.2) is 5.03 Å². The van der Waals surface area contributed by atoms with Crippen molar-refractivity contribution in [3.05, 3.63) is 24.2 Å². The molecule has 5 nitrogen and oxygen atoms in total. The summed E-state index contributed by atoms with van der Waals surface area (Å²) in [6.07, 6.45) is 1.48. The van der Waals surface area contributed by atoms with E-state index in [2.05, 4.69) is 16.3 Å². The van der Waals surface area contributed by atoms with Crippen LogP contribution >= 0.6 is 0 Å². The van der Waals surface area contributed by atoms with E-state index in [1.807, 2.05) is 0 Å². The summed E-state index contributed by atoms with van der Waals surface area (Å²) in [4.78, 5) is 3.94. The summed E-state index contributed by atoms with van der Waals surface area (Å²) in [6, 6.07) is 0. The van der Waals surface area contributed by atoms with Crippen molar-refractivity contribution in [2.75, 3.05) is 6.54 Å². The highest BCUT2D eigenvalue weighted by Gasteiger charge is 2.17. The SMILES string of the molecule is C=C(C)CNS(=O)(=O)c1cn(C)c(C)n1. The van der Waals surface area contributed by atoms with Gasteiger partial charge in [-0.2, -0.15) is 0 Å². The highest BCUT2D eigenvalue weighted by molar-refractivity contribution is 7.89. The molecule has 0 radical (unpaired) electrons. The Hall–Kier alpha value is -1.14. The standard InChI is InChI=1S/C9H15N3O2S/c1-7(2)5-10-15(13,14)9-6-12(4)8(3)11-9/h6,10H,1,5H2,2-4H3. The van der Waals surface area contributed by atoms with Crippen LogP contribution in [0.3, 0.4) is 0 Å². The highest BCUT2D eigenvalue weighted by atomic mass is 32.2. The molecule has 0 atom stereocenters. The predicted molar refractivity (Wildman–Crippen MR) is 57.9 cm³/mol. The molecule has 0 amide bonds. The van der Waals surface area contributed by atoms with Crippen LogP contribution in [-0.4, -0.2) is 24.5 Å². The molecule has 1 aromatic rings. The number of nitrogens with one attached hydrogen (secondary N) is 1. The first-order chi connectivity index (χ1) is 6.83. The van der Waals surface area contributed by atoms with Gasteiger partial charge >= 0.3 is 0 Å². The summed E-state index contributed by atoms with van der Waals surface area (Å²) in [5.41, 5.74) is 0.756. The summed E-state index contributed by atoms with van der Waals surface area (Å²) in [7, 11) is -1.75. The molecule has 0 saturated carbocycles. The topological polar surface area (TPSA) is 64.0 Å². The van der Waals surface area contributed by atoms with E-state index in [1.165, 1.54) is 6.20 Å². The lowest BCUT2D eigenvalue weighted by molar-refractivity contribution is 0.581. The van der Waals surface area contributed by atoms with Gasteiger partial charge in [0, 0.05) is 19.8 Å². The average molecular weight is 229 g/mol. The quantitative estimate of drug-likeness (QED) is 0.768. The molecule has 1 aromatic heterocycles. The minimum Gasteiger partial charge on any atom is -0.337 e. The molecule has 15 heavy (non-hydrogen) atoms. The Kier molecular flexibility index (Phi) is 3.31. The molecule has 1 N–H and O–H groups in total. The Morgan fingerprint density at radius 2 is 2.27 bits per heavy atom. The van der Waals surface area contributed by atoms with Gasteiger partial charge in [0.05, 0.1) is 0 Å². The lowest BCUT2D eigenvalue weighted by atomic mass is 10.4. The Bertz CT molecular complexity index is 454. The molecule has 0 aromatic carbocycles. The van der Waals surface area contributed by atoms with E-state index in [0.29, 0.717) is 5.82 Å². The van der Waals surface area contributed by atoms with Gasteiger partial charge in [-0.1, -0.05) is 12.2 Å². The van der Waals surface area contributed by atoms with Gasteiger partial charge in [-0.3, -0.25) is 0 Å². The number of aromatic nitrogens is 2. The molecule has 0 saturated heterocycles. The fraction of sp³-hybridized carbons (Fsp3) is 0.444. The first kappa shape index (κ1) is 11.9. The van der Waals surface area contributed by atoms with Gasteiger partial charge in [0.2, 0.25) is 0 Å². The molecule has 1 rings (SSSR count). The van der Waals surface area contributed by atoms with E-state index in [1.54, 1.807) is 25.5 Å². The van der Waals surface area contributed by atoms with E-state index in [0.717, 1.165) is 5.57 Å². The Balaban J connectivity index is 2.91. The Morgan fingerprint density at radius 1 is 1.67 bits per heavy atom. The fourth-order valence-corrected chi connectivity index (χ4v) is 2.08. The van der Waals surface area contributed by atoms with Crippen LogP contribution in [0.4, 0.5) is 0 Å². The molecule has 0 bridgehead atoms. The third-order valence-electron chi connectivity index (χ3n) is 1.93. The zero-order valence-corrected chi connectivity index (χ0v) is 9.93. The van der Waals surface area contributed by atoms with E-state index in [4.69, 9.17) is 0 Å². The number of imidazole rings is 1. The molecule has 0 aliphatic rings. The number of aryl methyl sites for hydroxylation is 2. The monoisotopic (exact) mass is 229 g/mol. The average Bonchev–Trinajstić information content (AvgIpc) is 2.45. The molecule has 1 heterocycles. The van der Waals surface area contributed by atoms with Crippen molar-refractivity contribution < 1.29 is 8.42 Å². The van der Waals surface area contributed by atoms with Crippen molar-refractivity contribution in [3.63, 3.8) is 0 Å². The molecular formula is C9H15N3O2S. The van der Waals surface area contributed by atoms with Crippen molar-refractivity contribution in [1.82, 2.24) is 14.3 Å². The number of nitrogens with zero attached hydrogens (tertiary/aromatic N) is 2. The number of hydrogen-bond donors (Lipinski definition) is 1. The Morgan fingerprint density at radius 3 is 2.67 bits per heavy atom. The molecule has 6 heteroatoms. The first-order valence-electron chi connectivity index (χ1n) is 4.47. The van der Waals surface area contributed by atoms with Crippen molar-refractivity contribution in [2.45, 2.75) is 18.9 Å². The summed E-state index contributed by atoms with van der Waals surface area (Å²) in [6.45, 7) is 7.36. The molecular weight excluding hydrogens is 214 g/mol. The minimum atomic E-state index is -3.50. The summed E-state index contributed by atoms with van der Waals surface area (Å²) < 4.78 is 27.4. The van der Waals surface area contributed by atoms with Crippen LogP contribution in [0, 0.1) is 6.92 Å². The van der Waals surface area contributed by atoms with Crippen LogP contribution in [0.15, 0.2) is 23.4 Å². The third kappa shape index (κ3) is 2.90. The van der Waals surface area contributed by atoms with E-state index >= 15 is 0 Å². The van der Waals surface area contributed by atoms with E-state index < -0.39 is 10.0 Å². The molecule has 0 spiro atoms. The van der Waals surface area contributed by atoms with Crippen LogP contribution in [-0.2, 0) is 17.1 Å². The van der Waals surface area contributed by atoms with Gasteiger partial charge < -0.3 is 4.57 Å². The van der Waals surface area contributed by atoms with Gasteiger partial charge in [-0.15, -0.1) is 0 Å². The van der Waals surface area contributed by atoms with Gasteiger partial charge in [0.1, 0.15) is 5.82 Å². The molecule has 0 aliphatic heterocycles. The number of rotatable bonds is 4. The van der Waals surface area contributed by atoms with Crippen molar-refractivity contribution in [2.24, 2.45) is 7.05 Å². The van der Waals surface area contributed by atoms with Crippen molar-refractivity contribution >= 4 is 10.0 Å². The van der Waals surface area contributed by atoms with E-state index in [9.17, 15) is 8.42 Å². The van der Waals surface area contributed by atoms with E-state index in [-0.39, 0.29) is 11.6 Å². The van der Waals surface area contributed by atoms with Crippen LogP contribution in [0.5, 0.6) is 0 Å². The van der Waals surface area contributed by atoms with Crippen molar-refractivity contribution in [1.29, 1.82) is 0 Å². The molecule has 0 fully saturated rings. The minimum absolute atomic E-state index is 0.0451. The maximum absolute atomic E-state index is 11.7. The van der Waals surface area contributed by atoms with Crippen LogP contribution in [0.1, 0.15) is 12.7 Å². The normalized spacial score (nSPS) is 11.7. The third-order valence-corrected chi connectivity index (χ3v) is 3.20. The first-order valence-corrected chi connectivity index (χ1v) is 5.95. The van der Waals surface area contributed by atoms with Gasteiger partial charge in [-0.25, -0.2) is 18.1 Å². The zero-order valence-electron chi connectivity index (χ0n) is 9.11. The highest BCUT2D eigenvalue weighted by Crippen LogP contribution is 2.07. The summed E-state index contributed by atoms with van der Waals surface area (Å²) in [5, 5.41) is 0.0451. The van der Waals surface area contributed by atoms with Crippen LogP contribution in [0.25, 0.3) is 0 Å². The fourth-order valence-electron chi connectivity index (χ4n) is 0.948. The molecule has 0 aliphatic carbocycles. The second kappa shape index (κ2) is 4.16. The van der Waals surface area contributed by atoms with Crippen LogP contribution < -0.4 is 4.72 Å². The maximum Gasteiger partial charge on any atom is 0.259 e. The largest absolute Gasteiger partial charge is 0.337 e. The predicted octanol–water partition coefficient (Wildman–Crippen LogP) is 0.583. The number of hydrogen-bond acceptors (Lipinski definition) is 3. The van der Waals surface area contributed by atoms with Gasteiger partial charge in [-0.05, 0) is 13.8 Å². The van der Waals surface area contributed by atoms with Crippen molar-refractivity contribution in [3.8, 4) is 0 Å². The second-order valence-electron chi connectivity index (χ2n) is 3.52. The maximum atomic E-state index is 11.7. The summed E-state index contributed by atoms with van der Waals surface area (Å²) in [5.74, 6) is 0.658. The number of sulfonamides is 1. The van der Waals surface area contributed by atoms with Gasteiger partial charge in [0.25, 0.3) is 10.0 Å². The second-order valence-corrected chi connectivity index (χ2v) is 5.23. The summed E-state index contributed by atoms with van der Waals surface area (Å²) >= 11 is 0. The lowest BCUT2D eigenvalue weighted by Gasteiger charge is -2.02.